The number of pyridine rings is 2. The first-order valence-electron chi connectivity index (χ1n) is 11.4. The van der Waals surface area contributed by atoms with Gasteiger partial charge in [0.05, 0.1) is 33.4 Å². The Labute approximate surface area is 267 Å². The fourth-order valence-corrected chi connectivity index (χ4v) is 3.62. The van der Waals surface area contributed by atoms with Gasteiger partial charge >= 0.3 is 16.8 Å². The Morgan fingerprint density at radius 3 is 1.29 bits per heavy atom. The normalized spacial score (nSPS) is 9.61. The third-order valence-corrected chi connectivity index (χ3v) is 5.62. The van der Waals surface area contributed by atoms with Crippen LogP contribution in [0.3, 0.4) is 0 Å². The van der Waals surface area contributed by atoms with Crippen molar-refractivity contribution in [3.63, 3.8) is 0 Å². The van der Waals surface area contributed by atoms with E-state index in [0.29, 0.717) is 10.0 Å². The van der Waals surface area contributed by atoms with Gasteiger partial charge in [-0.3, -0.25) is 9.97 Å². The molecule has 0 bridgehead atoms. The van der Waals surface area contributed by atoms with Crippen LogP contribution in [0.5, 0.6) is 11.5 Å². The smallest absolute Gasteiger partial charge is 0.546 e. The number of aromatic nitrogens is 2. The minimum atomic E-state index is -1.30. The third-order valence-electron chi connectivity index (χ3n) is 4.56. The van der Waals surface area contributed by atoms with Gasteiger partial charge in [0.15, 0.2) is 0 Å². The molecule has 0 fully saturated rings. The van der Waals surface area contributed by atoms with Gasteiger partial charge in [-0.05, 0) is 73.5 Å². The van der Waals surface area contributed by atoms with Crippen LogP contribution in [0, 0.1) is 13.8 Å². The second-order valence-corrected chi connectivity index (χ2v) is 9.60. The summed E-state index contributed by atoms with van der Waals surface area (Å²) in [6, 6.07) is 17.1. The molecule has 0 aliphatic heterocycles. The van der Waals surface area contributed by atoms with E-state index in [-0.39, 0.29) is 38.3 Å². The summed E-state index contributed by atoms with van der Waals surface area (Å²) in [6.45, 7) is 3.00. The minimum Gasteiger partial charge on any atom is -0.546 e. The first-order chi connectivity index (χ1) is 18.9. The van der Waals surface area contributed by atoms with Crippen molar-refractivity contribution in [1.29, 1.82) is 0 Å². The minimum absolute atomic E-state index is 0. The molecule has 1 radical (unpaired) electrons. The van der Waals surface area contributed by atoms with Crippen molar-refractivity contribution >= 4 is 58.3 Å². The summed E-state index contributed by atoms with van der Waals surface area (Å²) in [4.78, 5) is 28.7. The van der Waals surface area contributed by atoms with E-state index in [1.165, 1.54) is 35.4 Å². The van der Waals surface area contributed by atoms with Gasteiger partial charge in [-0.1, -0.05) is 58.5 Å². The van der Waals surface area contributed by atoms with Gasteiger partial charge in [0.2, 0.25) is 0 Å². The van der Waals surface area contributed by atoms with Gasteiger partial charge < -0.3 is 29.3 Å². The molecule has 0 aliphatic carbocycles. The number of halogens is 4. The van der Waals surface area contributed by atoms with Crippen molar-refractivity contribution in [3.8, 4) is 22.9 Å². The van der Waals surface area contributed by atoms with Crippen molar-refractivity contribution in [3.05, 3.63) is 104 Å². The van der Waals surface area contributed by atoms with E-state index in [9.17, 15) is 19.8 Å². The summed E-state index contributed by atoms with van der Waals surface area (Å²) in [5, 5.41) is 21.6. The fourth-order valence-electron chi connectivity index (χ4n) is 2.70. The van der Waals surface area contributed by atoms with Gasteiger partial charge in [0.1, 0.15) is 24.7 Å². The zero-order chi connectivity index (χ0) is 29.7. The second kappa shape index (κ2) is 18.4. The number of carbonyl (C=O) groups excluding carboxylic acids is 2. The van der Waals surface area contributed by atoms with Crippen molar-refractivity contribution in [2.24, 2.45) is 0 Å². The van der Waals surface area contributed by atoms with Crippen LogP contribution in [-0.2, 0) is 26.4 Å². The Bertz CT molecular complexity index is 1320. The number of carboxylic acids is 2. The maximum atomic E-state index is 10.0. The number of hydrogen-bond donors (Lipinski definition) is 0. The summed E-state index contributed by atoms with van der Waals surface area (Å²) in [7, 11) is 0. The van der Waals surface area contributed by atoms with E-state index in [1.807, 2.05) is 50.5 Å². The van der Waals surface area contributed by atoms with E-state index >= 15 is 0 Å². The zero-order valence-electron chi connectivity index (χ0n) is 21.5. The number of aliphatic carboxylic acids is 2. The molecular weight excluding hydrogens is 661 g/mol. The van der Waals surface area contributed by atoms with Gasteiger partial charge in [-0.2, -0.15) is 0 Å². The van der Waals surface area contributed by atoms with E-state index < -0.39 is 25.2 Å². The number of aryl methyl sites for hydroxylation is 2. The van der Waals surface area contributed by atoms with E-state index in [0.717, 1.165) is 11.4 Å². The van der Waals surface area contributed by atoms with Crippen LogP contribution in [0.25, 0.3) is 11.4 Å². The van der Waals surface area contributed by atoms with Gasteiger partial charge in [0, 0.05) is 22.4 Å². The fraction of sp³-hybridized carbons (Fsp3) is 0.143. The molecule has 4 aromatic rings. The summed E-state index contributed by atoms with van der Waals surface area (Å²) in [5.41, 5.74) is 4.19. The molecule has 2 heterocycles. The molecule has 0 spiro atoms. The molecule has 217 valence electrons. The van der Waals surface area contributed by atoms with Crippen LogP contribution in [0.1, 0.15) is 11.1 Å². The molecule has 13 heteroatoms. The summed E-state index contributed by atoms with van der Waals surface area (Å²) < 4.78 is 9.60. The Balaban J connectivity index is 0.000000304. The van der Waals surface area contributed by atoms with Crippen molar-refractivity contribution in [1.82, 2.24) is 9.97 Å². The molecule has 0 amide bonds. The monoisotopic (exact) mass is 681 g/mol. The van der Waals surface area contributed by atoms with Crippen LogP contribution in [0.4, 0.5) is 0 Å². The standard InChI is InChI=1S/C12H12N2.2C8H6Cl2O3.Co/c1-9-3-5-11(13-7-9)12-6-4-10(2)8-14-12;2*9-5-1-2-7(6(10)3-5)13-4-8(11)12;/h3-8H,1-2H3;2*1-3H,4H2,(H,11,12);/q;;;+2/p-2. The molecule has 0 saturated heterocycles. The molecule has 0 aliphatic rings. The molecule has 8 nitrogen and oxygen atoms in total. The number of rotatable bonds is 7. The van der Waals surface area contributed by atoms with Gasteiger partial charge in [-0.15, -0.1) is 0 Å². The molecule has 0 atom stereocenters. The SMILES string of the molecule is Cc1ccc(-c2ccc(C)cn2)nc1.O=C([O-])COc1ccc(Cl)cc1Cl.O=C([O-])COc1ccc(Cl)cc1Cl.[Co+2]. The molecular formula is C28H22Cl4CoN2O6. The molecule has 2 aromatic carbocycles. The average Bonchev–Trinajstić information content (AvgIpc) is 2.89. The van der Waals surface area contributed by atoms with Crippen LogP contribution in [0.2, 0.25) is 20.1 Å². The number of carbonyl (C=O) groups is 2. The quantitative estimate of drug-likeness (QED) is 0.267. The van der Waals surface area contributed by atoms with Crippen LogP contribution >= 0.6 is 46.4 Å². The average molecular weight is 683 g/mol. The predicted octanol–water partition coefficient (Wildman–Crippen LogP) is 5.00. The number of nitrogens with zero attached hydrogens (tertiary/aromatic N) is 2. The predicted molar refractivity (Wildman–Crippen MR) is 151 cm³/mol. The molecule has 0 unspecified atom stereocenters. The van der Waals surface area contributed by atoms with E-state index in [1.54, 1.807) is 12.1 Å². The third kappa shape index (κ3) is 13.9. The van der Waals surface area contributed by atoms with Crippen LogP contribution in [0.15, 0.2) is 73.1 Å². The Hall–Kier alpha value is -3.05. The number of hydrogen-bond acceptors (Lipinski definition) is 8. The van der Waals surface area contributed by atoms with Crippen molar-refractivity contribution in [2.45, 2.75) is 13.8 Å². The largest absolute Gasteiger partial charge is 2.00 e. The van der Waals surface area contributed by atoms with Gasteiger partial charge in [0.25, 0.3) is 0 Å². The first kappa shape index (κ1) is 36.0. The number of carboxylic acid groups (broad SMARTS) is 2. The van der Waals surface area contributed by atoms with E-state index in [4.69, 9.17) is 55.9 Å². The zero-order valence-corrected chi connectivity index (χ0v) is 25.6. The maximum Gasteiger partial charge on any atom is 2.00 e. The number of ether oxygens (including phenoxy) is 2. The van der Waals surface area contributed by atoms with Crippen molar-refractivity contribution < 1.29 is 46.1 Å². The molecule has 41 heavy (non-hydrogen) atoms. The summed E-state index contributed by atoms with van der Waals surface area (Å²) in [5.74, 6) is -2.05. The Morgan fingerprint density at radius 1 is 0.659 bits per heavy atom. The maximum absolute atomic E-state index is 10.0. The summed E-state index contributed by atoms with van der Waals surface area (Å²) >= 11 is 22.6. The molecule has 0 saturated carbocycles. The molecule has 2 aromatic heterocycles. The van der Waals surface area contributed by atoms with E-state index in [2.05, 4.69) is 9.97 Å². The summed E-state index contributed by atoms with van der Waals surface area (Å²) in [6.07, 6.45) is 3.72. The van der Waals surface area contributed by atoms with Crippen LogP contribution in [-0.4, -0.2) is 35.1 Å². The van der Waals surface area contributed by atoms with Crippen LogP contribution < -0.4 is 19.7 Å². The van der Waals surface area contributed by atoms with Crippen molar-refractivity contribution in [2.75, 3.05) is 13.2 Å². The van der Waals surface area contributed by atoms with Gasteiger partial charge in [-0.25, -0.2) is 0 Å². The first-order valence-corrected chi connectivity index (χ1v) is 12.9. The Kier molecular flexibility index (Phi) is 16.1. The Morgan fingerprint density at radius 2 is 1.02 bits per heavy atom. The topological polar surface area (TPSA) is 125 Å². The second-order valence-electron chi connectivity index (χ2n) is 7.91. The molecule has 0 N–H and O–H groups in total. The number of benzene rings is 2. The molecule has 4 rings (SSSR count).